The SMILES string of the molecule is COc1cc(CNC(C)c2cccc(OC(C)C)c2)cc(OC)c1. The van der Waals surface area contributed by atoms with Crippen LogP contribution in [0.1, 0.15) is 37.9 Å². The molecule has 1 unspecified atom stereocenters. The summed E-state index contributed by atoms with van der Waals surface area (Å²) in [6, 6.07) is 14.3. The summed E-state index contributed by atoms with van der Waals surface area (Å²) in [5, 5.41) is 3.53. The van der Waals surface area contributed by atoms with E-state index in [1.54, 1.807) is 14.2 Å². The maximum atomic E-state index is 5.77. The number of nitrogens with one attached hydrogen (secondary N) is 1. The topological polar surface area (TPSA) is 39.7 Å². The van der Waals surface area contributed by atoms with Crippen LogP contribution in [-0.2, 0) is 6.54 Å². The van der Waals surface area contributed by atoms with Crippen LogP contribution in [-0.4, -0.2) is 20.3 Å². The maximum absolute atomic E-state index is 5.77. The first kappa shape index (κ1) is 18.1. The maximum Gasteiger partial charge on any atom is 0.122 e. The molecular weight excluding hydrogens is 302 g/mol. The Labute approximate surface area is 144 Å². The molecule has 24 heavy (non-hydrogen) atoms. The Morgan fingerprint density at radius 3 is 2.12 bits per heavy atom. The largest absolute Gasteiger partial charge is 0.497 e. The molecule has 0 aromatic heterocycles. The van der Waals surface area contributed by atoms with Gasteiger partial charge in [-0.05, 0) is 56.2 Å². The third-order valence-electron chi connectivity index (χ3n) is 3.75. The molecule has 0 bridgehead atoms. The lowest BCUT2D eigenvalue weighted by Gasteiger charge is -2.17. The summed E-state index contributed by atoms with van der Waals surface area (Å²) in [6.45, 7) is 6.94. The van der Waals surface area contributed by atoms with Gasteiger partial charge in [0.05, 0.1) is 20.3 Å². The van der Waals surface area contributed by atoms with E-state index >= 15 is 0 Å². The van der Waals surface area contributed by atoms with Crippen LogP contribution in [0, 0.1) is 0 Å². The average molecular weight is 329 g/mol. The Hall–Kier alpha value is -2.20. The summed E-state index contributed by atoms with van der Waals surface area (Å²) >= 11 is 0. The van der Waals surface area contributed by atoms with Crippen LogP contribution in [0.3, 0.4) is 0 Å². The normalized spacial score (nSPS) is 12.1. The van der Waals surface area contributed by atoms with E-state index in [1.807, 2.05) is 44.2 Å². The highest BCUT2D eigenvalue weighted by Crippen LogP contribution is 2.24. The summed E-state index contributed by atoms with van der Waals surface area (Å²) in [6.07, 6.45) is 0.174. The van der Waals surface area contributed by atoms with Gasteiger partial charge in [-0.2, -0.15) is 0 Å². The molecule has 0 aliphatic heterocycles. The van der Waals surface area contributed by atoms with Crippen molar-refractivity contribution in [3.05, 3.63) is 53.6 Å². The average Bonchev–Trinajstić information content (AvgIpc) is 2.58. The number of benzene rings is 2. The molecule has 0 saturated heterocycles. The summed E-state index contributed by atoms with van der Waals surface area (Å²) in [4.78, 5) is 0. The number of hydrogen-bond donors (Lipinski definition) is 1. The second kappa shape index (κ2) is 8.60. The molecule has 0 saturated carbocycles. The Balaban J connectivity index is 2.04. The summed E-state index contributed by atoms with van der Waals surface area (Å²) in [7, 11) is 3.32. The van der Waals surface area contributed by atoms with Crippen molar-refractivity contribution in [1.29, 1.82) is 0 Å². The van der Waals surface area contributed by atoms with E-state index in [4.69, 9.17) is 14.2 Å². The fraction of sp³-hybridized carbons (Fsp3) is 0.400. The second-order valence-corrected chi connectivity index (χ2v) is 6.06. The van der Waals surface area contributed by atoms with E-state index in [0.29, 0.717) is 0 Å². The molecule has 4 heteroatoms. The smallest absolute Gasteiger partial charge is 0.122 e. The lowest BCUT2D eigenvalue weighted by atomic mass is 10.1. The zero-order valence-corrected chi connectivity index (χ0v) is 15.1. The van der Waals surface area contributed by atoms with Gasteiger partial charge in [0, 0.05) is 18.7 Å². The first-order chi connectivity index (χ1) is 11.5. The van der Waals surface area contributed by atoms with Crippen LogP contribution < -0.4 is 19.5 Å². The quantitative estimate of drug-likeness (QED) is 0.782. The molecular formula is C20H27NO3. The van der Waals surface area contributed by atoms with E-state index in [2.05, 4.69) is 24.4 Å². The van der Waals surface area contributed by atoms with Gasteiger partial charge in [-0.3, -0.25) is 0 Å². The van der Waals surface area contributed by atoms with Crippen molar-refractivity contribution in [2.75, 3.05) is 14.2 Å². The van der Waals surface area contributed by atoms with Crippen LogP contribution in [0.15, 0.2) is 42.5 Å². The van der Waals surface area contributed by atoms with E-state index < -0.39 is 0 Å². The van der Waals surface area contributed by atoms with Crippen molar-refractivity contribution >= 4 is 0 Å². The molecule has 0 heterocycles. The molecule has 0 fully saturated rings. The van der Waals surface area contributed by atoms with Gasteiger partial charge in [0.25, 0.3) is 0 Å². The molecule has 1 N–H and O–H groups in total. The molecule has 4 nitrogen and oxygen atoms in total. The minimum Gasteiger partial charge on any atom is -0.497 e. The van der Waals surface area contributed by atoms with Crippen LogP contribution in [0.5, 0.6) is 17.2 Å². The zero-order valence-electron chi connectivity index (χ0n) is 15.1. The molecule has 2 rings (SSSR count). The molecule has 0 amide bonds. The van der Waals surface area contributed by atoms with Gasteiger partial charge in [-0.1, -0.05) is 12.1 Å². The van der Waals surface area contributed by atoms with Crippen molar-refractivity contribution in [2.45, 2.75) is 39.5 Å². The zero-order chi connectivity index (χ0) is 17.5. The minimum absolute atomic E-state index is 0.174. The van der Waals surface area contributed by atoms with E-state index in [1.165, 1.54) is 5.56 Å². The standard InChI is InChI=1S/C20H27NO3/c1-14(2)24-18-8-6-7-17(11-18)15(3)21-13-16-9-19(22-4)12-20(10-16)23-5/h6-12,14-15,21H,13H2,1-5H3. The summed E-state index contributed by atoms with van der Waals surface area (Å²) in [5.74, 6) is 2.50. The van der Waals surface area contributed by atoms with E-state index in [0.717, 1.165) is 29.4 Å². The molecule has 0 aliphatic carbocycles. The van der Waals surface area contributed by atoms with Gasteiger partial charge in [0.2, 0.25) is 0 Å². The summed E-state index contributed by atoms with van der Waals surface area (Å²) < 4.78 is 16.4. The van der Waals surface area contributed by atoms with Gasteiger partial charge in [-0.25, -0.2) is 0 Å². The number of hydrogen-bond acceptors (Lipinski definition) is 4. The van der Waals surface area contributed by atoms with Gasteiger partial charge >= 0.3 is 0 Å². The predicted molar refractivity (Wildman–Crippen MR) is 97.0 cm³/mol. The van der Waals surface area contributed by atoms with Crippen LogP contribution in [0.4, 0.5) is 0 Å². The van der Waals surface area contributed by atoms with Crippen molar-refractivity contribution in [2.24, 2.45) is 0 Å². The Bertz CT molecular complexity index is 633. The monoisotopic (exact) mass is 329 g/mol. The Morgan fingerprint density at radius 1 is 0.875 bits per heavy atom. The van der Waals surface area contributed by atoms with Crippen molar-refractivity contribution in [1.82, 2.24) is 5.32 Å². The van der Waals surface area contributed by atoms with Crippen LogP contribution in [0.2, 0.25) is 0 Å². The fourth-order valence-electron chi connectivity index (χ4n) is 2.49. The lowest BCUT2D eigenvalue weighted by Crippen LogP contribution is -2.18. The van der Waals surface area contributed by atoms with E-state index in [9.17, 15) is 0 Å². The molecule has 0 spiro atoms. The molecule has 2 aromatic rings. The third-order valence-corrected chi connectivity index (χ3v) is 3.75. The Morgan fingerprint density at radius 2 is 1.54 bits per heavy atom. The predicted octanol–water partition coefficient (Wildman–Crippen LogP) is 4.34. The first-order valence-corrected chi connectivity index (χ1v) is 8.23. The molecule has 0 aliphatic rings. The number of ether oxygens (including phenoxy) is 3. The number of rotatable bonds is 8. The highest BCUT2D eigenvalue weighted by Gasteiger charge is 2.08. The number of methoxy groups -OCH3 is 2. The van der Waals surface area contributed by atoms with Crippen LogP contribution >= 0.6 is 0 Å². The fourth-order valence-corrected chi connectivity index (χ4v) is 2.49. The minimum atomic E-state index is 0.174. The molecule has 0 radical (unpaired) electrons. The molecule has 2 aromatic carbocycles. The van der Waals surface area contributed by atoms with Gasteiger partial charge in [0.15, 0.2) is 0 Å². The molecule has 1 atom stereocenters. The first-order valence-electron chi connectivity index (χ1n) is 8.23. The Kier molecular flexibility index (Phi) is 6.50. The second-order valence-electron chi connectivity index (χ2n) is 6.06. The third kappa shape index (κ3) is 5.17. The lowest BCUT2D eigenvalue weighted by molar-refractivity contribution is 0.242. The van der Waals surface area contributed by atoms with Gasteiger partial charge in [0.1, 0.15) is 17.2 Å². The van der Waals surface area contributed by atoms with Crippen molar-refractivity contribution < 1.29 is 14.2 Å². The van der Waals surface area contributed by atoms with Gasteiger partial charge in [-0.15, -0.1) is 0 Å². The highest BCUT2D eigenvalue weighted by atomic mass is 16.5. The molecule has 130 valence electrons. The van der Waals surface area contributed by atoms with Crippen molar-refractivity contribution in [3.63, 3.8) is 0 Å². The van der Waals surface area contributed by atoms with E-state index in [-0.39, 0.29) is 12.1 Å². The summed E-state index contributed by atoms with van der Waals surface area (Å²) in [5.41, 5.74) is 2.32. The van der Waals surface area contributed by atoms with Crippen LogP contribution in [0.25, 0.3) is 0 Å². The van der Waals surface area contributed by atoms with Crippen molar-refractivity contribution in [3.8, 4) is 17.2 Å². The van der Waals surface area contributed by atoms with Gasteiger partial charge < -0.3 is 19.5 Å². The highest BCUT2D eigenvalue weighted by molar-refractivity contribution is 5.38.